The molecule has 1 aliphatic rings. The predicted octanol–water partition coefficient (Wildman–Crippen LogP) is 10.4. The summed E-state index contributed by atoms with van der Waals surface area (Å²) in [7, 11) is -5.12. The molecule has 1 saturated carbocycles. The third-order valence-electron chi connectivity index (χ3n) is 11.8. The zero-order valence-electron chi connectivity index (χ0n) is 39.4. The number of ether oxygens (including phenoxy) is 2. The van der Waals surface area contributed by atoms with E-state index in [1.807, 2.05) is 6.08 Å². The normalized spacial score (nSPS) is 21.8. The highest BCUT2D eigenvalue weighted by atomic mass is 31.2. The summed E-state index contributed by atoms with van der Waals surface area (Å²) in [5.74, 6) is -1.14. The number of unbranched alkanes of at least 4 members (excludes halogenated alkanes) is 26. The molecule has 0 heterocycles. The summed E-state index contributed by atoms with van der Waals surface area (Å²) in [6.45, 7) is 3.27. The van der Waals surface area contributed by atoms with Gasteiger partial charge in [-0.15, -0.1) is 0 Å². The molecule has 8 atom stereocenters. The molecule has 6 unspecified atom stereocenters. The Morgan fingerprint density at radius 3 is 1.30 bits per heavy atom. The zero-order chi connectivity index (χ0) is 46.4. The van der Waals surface area contributed by atoms with Crippen LogP contribution >= 0.6 is 7.82 Å². The van der Waals surface area contributed by atoms with Gasteiger partial charge >= 0.3 is 19.8 Å². The molecule has 0 amide bonds. The quantitative estimate of drug-likeness (QED) is 0.0146. The fourth-order valence-corrected chi connectivity index (χ4v) is 8.69. The minimum atomic E-state index is -5.12. The zero-order valence-corrected chi connectivity index (χ0v) is 40.3. The summed E-state index contributed by atoms with van der Waals surface area (Å²) >= 11 is 0. The molecular weight excluding hydrogens is 827 g/mol. The van der Waals surface area contributed by atoms with Gasteiger partial charge in [-0.3, -0.25) is 18.6 Å². The van der Waals surface area contributed by atoms with Crippen LogP contribution in [0.25, 0.3) is 0 Å². The van der Waals surface area contributed by atoms with E-state index in [1.165, 1.54) is 128 Å². The first kappa shape index (κ1) is 59.3. The van der Waals surface area contributed by atoms with Gasteiger partial charge in [-0.1, -0.05) is 186 Å². The Kier molecular flexibility index (Phi) is 37.2. The fraction of sp³-hybridized carbons (Fsp3) is 0.878. The van der Waals surface area contributed by atoms with Crippen molar-refractivity contribution in [1.29, 1.82) is 0 Å². The Morgan fingerprint density at radius 2 is 0.841 bits per heavy atom. The lowest BCUT2D eigenvalue weighted by atomic mass is 9.85. The van der Waals surface area contributed by atoms with Crippen LogP contribution in [0.15, 0.2) is 24.3 Å². The lowest BCUT2D eigenvalue weighted by Gasteiger charge is -2.41. The van der Waals surface area contributed by atoms with E-state index in [0.29, 0.717) is 19.3 Å². The molecule has 0 spiro atoms. The van der Waals surface area contributed by atoms with Crippen molar-refractivity contribution in [2.75, 3.05) is 13.2 Å². The molecule has 0 aromatic rings. The van der Waals surface area contributed by atoms with Gasteiger partial charge in [0.15, 0.2) is 6.10 Å². The average Bonchev–Trinajstić information content (AvgIpc) is 3.26. The Balaban J connectivity index is 2.37. The summed E-state index contributed by atoms with van der Waals surface area (Å²) in [6.07, 6.45) is 31.2. The van der Waals surface area contributed by atoms with Crippen LogP contribution in [0.1, 0.15) is 219 Å². The van der Waals surface area contributed by atoms with E-state index >= 15 is 0 Å². The van der Waals surface area contributed by atoms with Crippen molar-refractivity contribution < 1.29 is 63.1 Å². The van der Waals surface area contributed by atoms with E-state index < -0.39 is 75.7 Å². The van der Waals surface area contributed by atoms with Crippen LogP contribution in [0.2, 0.25) is 0 Å². The molecule has 63 heavy (non-hydrogen) atoms. The molecule has 1 rings (SSSR count). The first-order chi connectivity index (χ1) is 30.4. The third kappa shape index (κ3) is 31.8. The topological polar surface area (TPSA) is 210 Å². The van der Waals surface area contributed by atoms with E-state index in [2.05, 4.69) is 32.1 Å². The molecule has 0 aromatic heterocycles. The molecule has 14 heteroatoms. The van der Waals surface area contributed by atoms with Crippen LogP contribution in [0.4, 0.5) is 0 Å². The molecule has 6 N–H and O–H groups in total. The van der Waals surface area contributed by atoms with Gasteiger partial charge in [-0.2, -0.15) is 0 Å². The van der Waals surface area contributed by atoms with Crippen molar-refractivity contribution in [1.82, 2.24) is 0 Å². The number of carbonyl (C=O) groups is 2. The maximum atomic E-state index is 12.8. The number of rotatable bonds is 42. The maximum Gasteiger partial charge on any atom is 0.472 e. The fourth-order valence-electron chi connectivity index (χ4n) is 7.72. The van der Waals surface area contributed by atoms with Crippen molar-refractivity contribution in [3.05, 3.63) is 24.3 Å². The van der Waals surface area contributed by atoms with Crippen LogP contribution in [-0.2, 0) is 32.7 Å². The monoisotopic (exact) mass is 919 g/mol. The number of phosphoric acid groups is 1. The second kappa shape index (κ2) is 39.5. The predicted molar refractivity (Wildman–Crippen MR) is 249 cm³/mol. The number of aliphatic hydroxyl groups is 5. The lowest BCUT2D eigenvalue weighted by molar-refractivity contribution is -0.220. The first-order valence-electron chi connectivity index (χ1n) is 25.1. The van der Waals surface area contributed by atoms with Crippen LogP contribution in [-0.4, -0.2) is 98.3 Å². The largest absolute Gasteiger partial charge is 0.472 e. The van der Waals surface area contributed by atoms with E-state index in [0.717, 1.165) is 44.9 Å². The molecule has 13 nitrogen and oxygen atoms in total. The second-order valence-corrected chi connectivity index (χ2v) is 19.1. The van der Waals surface area contributed by atoms with Crippen molar-refractivity contribution in [3.63, 3.8) is 0 Å². The van der Waals surface area contributed by atoms with Crippen LogP contribution in [0, 0.1) is 0 Å². The van der Waals surface area contributed by atoms with E-state index in [-0.39, 0.29) is 12.8 Å². The van der Waals surface area contributed by atoms with Crippen molar-refractivity contribution >= 4 is 19.8 Å². The van der Waals surface area contributed by atoms with Gasteiger partial charge in [0.1, 0.15) is 43.2 Å². The Morgan fingerprint density at radius 1 is 0.476 bits per heavy atom. The smallest absolute Gasteiger partial charge is 0.462 e. The summed E-state index contributed by atoms with van der Waals surface area (Å²) in [6, 6.07) is 0. The number of aliphatic hydroxyl groups excluding tert-OH is 5. The minimum Gasteiger partial charge on any atom is -0.462 e. The second-order valence-electron chi connectivity index (χ2n) is 17.7. The van der Waals surface area contributed by atoms with Gasteiger partial charge in [0.25, 0.3) is 0 Å². The van der Waals surface area contributed by atoms with Gasteiger partial charge < -0.3 is 39.9 Å². The standard InChI is InChI=1S/C49H91O13P/c1-3-5-7-9-11-13-15-16-17-18-19-20-21-22-23-24-25-26-28-29-31-33-35-37-42(50)59-39-41(61-43(51)38-36-34-32-30-27-14-12-10-8-6-4-2)40-60-63(57,58)62-49-47(55)45(53)44(52)46(54)48(49)56/h24-25,29,31,41,44-49,52-56H,3-23,26-28,30,32-40H2,1-2H3,(H,57,58)/b25-24+,31-29+/t41-,44?,45-,46?,47?,48?,49?/m1/s1. The summed E-state index contributed by atoms with van der Waals surface area (Å²) < 4.78 is 33.5. The maximum absolute atomic E-state index is 12.8. The van der Waals surface area contributed by atoms with Gasteiger partial charge in [-0.25, -0.2) is 4.57 Å². The molecule has 370 valence electrons. The van der Waals surface area contributed by atoms with Gasteiger partial charge in [-0.05, 0) is 44.9 Å². The molecule has 1 fully saturated rings. The average molecular weight is 919 g/mol. The van der Waals surface area contributed by atoms with E-state index in [4.69, 9.17) is 18.5 Å². The molecule has 0 aliphatic heterocycles. The summed E-state index contributed by atoms with van der Waals surface area (Å²) in [4.78, 5) is 35.7. The van der Waals surface area contributed by atoms with Gasteiger partial charge in [0, 0.05) is 12.8 Å². The number of hydrogen-bond donors (Lipinski definition) is 6. The molecule has 0 bridgehead atoms. The highest BCUT2D eigenvalue weighted by Crippen LogP contribution is 2.47. The van der Waals surface area contributed by atoms with Gasteiger partial charge in [0.2, 0.25) is 0 Å². The highest BCUT2D eigenvalue weighted by Gasteiger charge is 2.51. The number of phosphoric ester groups is 1. The first-order valence-corrected chi connectivity index (χ1v) is 26.6. The lowest BCUT2D eigenvalue weighted by Crippen LogP contribution is -2.64. The van der Waals surface area contributed by atoms with Crippen molar-refractivity contribution in [3.8, 4) is 0 Å². The van der Waals surface area contributed by atoms with Crippen LogP contribution < -0.4 is 0 Å². The number of carbonyl (C=O) groups excluding carboxylic acids is 2. The van der Waals surface area contributed by atoms with Crippen molar-refractivity contribution in [2.24, 2.45) is 0 Å². The van der Waals surface area contributed by atoms with Crippen molar-refractivity contribution in [2.45, 2.75) is 262 Å². The number of allylic oxidation sites excluding steroid dienone is 4. The summed E-state index contributed by atoms with van der Waals surface area (Å²) in [5.41, 5.74) is 0. The van der Waals surface area contributed by atoms with Crippen LogP contribution in [0.3, 0.4) is 0 Å². The Bertz CT molecular complexity index is 1200. The molecule has 0 radical (unpaired) electrons. The van der Waals surface area contributed by atoms with Gasteiger partial charge in [0.05, 0.1) is 6.61 Å². The Labute approximate surface area is 381 Å². The SMILES string of the molecule is CCCCCCCCCCCCCCCC/C=C/CC/C=C/CCCC(=O)OC[C@H](COP(=O)(O)OC1C(O)C(O)C(O)[C@@H](O)C1O)OC(=O)CCCCCCCCCCCCC. The molecule has 0 aromatic carbocycles. The van der Waals surface area contributed by atoms with E-state index in [9.17, 15) is 44.6 Å². The number of esters is 2. The van der Waals surface area contributed by atoms with Crippen LogP contribution in [0.5, 0.6) is 0 Å². The molecular formula is C49H91O13P. The molecule has 0 saturated heterocycles. The minimum absolute atomic E-state index is 0.0922. The Hall–Kier alpha value is -1.67. The highest BCUT2D eigenvalue weighted by molar-refractivity contribution is 7.47. The molecule has 1 aliphatic carbocycles. The third-order valence-corrected chi connectivity index (χ3v) is 12.8. The summed E-state index contributed by atoms with van der Waals surface area (Å²) in [5, 5.41) is 50.1. The van der Waals surface area contributed by atoms with E-state index in [1.54, 1.807) is 0 Å². The number of hydrogen-bond acceptors (Lipinski definition) is 12.